The molecule has 0 aromatic heterocycles. The number of carbonyl (C=O) groups excluding carboxylic acids is 2. The maximum atomic E-state index is 15.1. The predicted molar refractivity (Wildman–Crippen MR) is 150 cm³/mol. The monoisotopic (exact) mass is 574 g/mol. The van der Waals surface area contributed by atoms with E-state index in [2.05, 4.69) is 20.8 Å². The van der Waals surface area contributed by atoms with E-state index in [0.717, 1.165) is 25.7 Å². The van der Waals surface area contributed by atoms with Crippen molar-refractivity contribution in [2.75, 3.05) is 27.4 Å². The first-order valence-corrected chi connectivity index (χ1v) is 14.9. The second-order valence-electron chi connectivity index (χ2n) is 13.3. The normalized spacial score (nSPS) is 38.2. The molecule has 0 spiro atoms. The Labute approximate surface area is 242 Å². The van der Waals surface area contributed by atoms with Crippen molar-refractivity contribution >= 4 is 24.3 Å². The van der Waals surface area contributed by atoms with Gasteiger partial charge in [0.25, 0.3) is 0 Å². The van der Waals surface area contributed by atoms with E-state index in [1.807, 2.05) is 6.92 Å². The smallest absolute Gasteiger partial charge is 0.479 e. The number of Topliss-reactive ketones (excluding diaryl/α,β-unsaturated/α-hetero) is 1. The number of benzene rings is 1. The fraction of sp³-hybridized carbons (Fsp3) is 0.742. The number of halogens is 1. The van der Waals surface area contributed by atoms with Crippen LogP contribution in [0.15, 0.2) is 12.1 Å². The summed E-state index contributed by atoms with van der Waals surface area (Å²) < 4.78 is 43.5. The standard InChI is InChI=1S/C31H44BFO8/c1-18-9-11-31-12-10-22(38-6)27(31)30(18,4)23(15-29(3,13-14-37-5)28(35)19(31)2)41-24(34)17-39-21-8-7-20-16-40-32(36)25(20)26(21)33/h7-8,18-19,22-23,27,36H,9-17H2,1-6H3/t18-,19+,22-,23-,27-,29-,30+,31+/m1/s1. The molecule has 0 amide bonds. The van der Waals surface area contributed by atoms with Crippen LogP contribution in [0, 0.1) is 39.8 Å². The van der Waals surface area contributed by atoms with Crippen LogP contribution in [0.4, 0.5) is 4.39 Å². The minimum absolute atomic E-state index is 0.0316. The molecule has 3 aliphatic carbocycles. The largest absolute Gasteiger partial charge is 0.494 e. The zero-order chi connectivity index (χ0) is 29.7. The lowest BCUT2D eigenvalue weighted by Crippen LogP contribution is -2.63. The molecule has 0 unspecified atom stereocenters. The third kappa shape index (κ3) is 4.83. The van der Waals surface area contributed by atoms with Crippen LogP contribution in [-0.4, -0.2) is 63.5 Å². The van der Waals surface area contributed by atoms with Gasteiger partial charge in [0.1, 0.15) is 11.9 Å². The number of esters is 1. The van der Waals surface area contributed by atoms with Crippen LogP contribution < -0.4 is 10.2 Å². The summed E-state index contributed by atoms with van der Waals surface area (Å²) in [6.45, 7) is 8.55. The molecule has 5 rings (SSSR count). The Kier molecular flexibility index (Phi) is 8.35. The minimum atomic E-state index is -1.37. The third-order valence-corrected chi connectivity index (χ3v) is 11.5. The number of hydrogen-bond acceptors (Lipinski definition) is 8. The number of ether oxygens (including phenoxy) is 4. The Morgan fingerprint density at radius 2 is 1.93 bits per heavy atom. The summed E-state index contributed by atoms with van der Waals surface area (Å²) in [4.78, 5) is 27.7. The van der Waals surface area contributed by atoms with Crippen LogP contribution in [-0.2, 0) is 35.1 Å². The SMILES string of the molecule is COCC[C@]1(C)C[C@@H](OC(=O)COc2ccc3c(c2F)B(O)OC3)[C@]2(C)[C@H](C)CC[C@]3(CC[C@@H](OC)[C@@H]32)[C@@H](C)C1=O. The summed E-state index contributed by atoms with van der Waals surface area (Å²) in [5.74, 6) is -1.21. The third-order valence-electron chi connectivity index (χ3n) is 11.5. The van der Waals surface area contributed by atoms with Gasteiger partial charge in [0.15, 0.2) is 18.2 Å². The average molecular weight is 574 g/mol. The fourth-order valence-corrected chi connectivity index (χ4v) is 8.91. The fourth-order valence-electron chi connectivity index (χ4n) is 8.91. The summed E-state index contributed by atoms with van der Waals surface area (Å²) >= 11 is 0. The van der Waals surface area contributed by atoms with Gasteiger partial charge in [0.05, 0.1) is 12.7 Å². The molecular weight excluding hydrogens is 530 g/mol. The maximum absolute atomic E-state index is 15.1. The van der Waals surface area contributed by atoms with Crippen molar-refractivity contribution in [3.05, 3.63) is 23.5 Å². The number of ketones is 1. The second kappa shape index (κ2) is 11.2. The van der Waals surface area contributed by atoms with E-state index in [4.69, 9.17) is 23.6 Å². The van der Waals surface area contributed by atoms with E-state index in [1.165, 1.54) is 6.07 Å². The predicted octanol–water partition coefficient (Wildman–Crippen LogP) is 3.83. The summed E-state index contributed by atoms with van der Waals surface area (Å²) in [5, 5.41) is 9.98. The van der Waals surface area contributed by atoms with Gasteiger partial charge in [-0.2, -0.15) is 0 Å². The molecule has 2 bridgehead atoms. The first-order chi connectivity index (χ1) is 19.4. The molecule has 8 nitrogen and oxygen atoms in total. The van der Waals surface area contributed by atoms with Crippen LogP contribution in [0.3, 0.4) is 0 Å². The molecule has 10 heteroatoms. The van der Waals surface area contributed by atoms with Crippen LogP contribution in [0.25, 0.3) is 0 Å². The summed E-state index contributed by atoms with van der Waals surface area (Å²) in [6.07, 6.45) is 3.94. The lowest BCUT2D eigenvalue weighted by molar-refractivity contribution is -0.208. The highest BCUT2D eigenvalue weighted by Crippen LogP contribution is 2.68. The second-order valence-corrected chi connectivity index (χ2v) is 13.3. The lowest BCUT2D eigenvalue weighted by atomic mass is 9.43. The number of rotatable bonds is 8. The highest BCUT2D eigenvalue weighted by Gasteiger charge is 2.68. The zero-order valence-corrected chi connectivity index (χ0v) is 25.2. The zero-order valence-electron chi connectivity index (χ0n) is 25.2. The Bertz CT molecular complexity index is 1180. The Hall–Kier alpha value is -2.01. The van der Waals surface area contributed by atoms with E-state index in [9.17, 15) is 14.6 Å². The quantitative estimate of drug-likeness (QED) is 0.370. The van der Waals surface area contributed by atoms with Gasteiger partial charge in [-0.25, -0.2) is 9.18 Å². The van der Waals surface area contributed by atoms with Crippen LogP contribution in [0.1, 0.15) is 71.8 Å². The number of hydrogen-bond donors (Lipinski definition) is 1. The van der Waals surface area contributed by atoms with Crippen molar-refractivity contribution in [2.45, 2.75) is 85.0 Å². The van der Waals surface area contributed by atoms with Crippen molar-refractivity contribution in [1.29, 1.82) is 0 Å². The Morgan fingerprint density at radius 1 is 1.20 bits per heavy atom. The molecule has 1 aromatic carbocycles. The van der Waals surface area contributed by atoms with Crippen LogP contribution in [0.2, 0.25) is 0 Å². The molecule has 1 N–H and O–H groups in total. The van der Waals surface area contributed by atoms with Crippen LogP contribution >= 0.6 is 0 Å². The van der Waals surface area contributed by atoms with Crippen molar-refractivity contribution in [1.82, 2.24) is 0 Å². The van der Waals surface area contributed by atoms with E-state index in [1.54, 1.807) is 20.3 Å². The molecule has 0 radical (unpaired) electrons. The molecule has 41 heavy (non-hydrogen) atoms. The van der Waals surface area contributed by atoms with Gasteiger partial charge < -0.3 is 28.6 Å². The number of carbonyl (C=O) groups is 2. The van der Waals surface area contributed by atoms with Gasteiger partial charge in [-0.3, -0.25) is 4.79 Å². The molecule has 3 fully saturated rings. The van der Waals surface area contributed by atoms with Gasteiger partial charge in [-0.05, 0) is 61.5 Å². The molecule has 1 heterocycles. The number of fused-ring (bicyclic) bond motifs is 1. The molecular formula is C31H44BFO8. The van der Waals surface area contributed by atoms with Gasteiger partial charge in [-0.1, -0.05) is 33.8 Å². The van der Waals surface area contributed by atoms with E-state index in [0.29, 0.717) is 25.0 Å². The van der Waals surface area contributed by atoms with Gasteiger partial charge in [-0.15, -0.1) is 0 Å². The van der Waals surface area contributed by atoms with E-state index >= 15 is 4.39 Å². The molecule has 8 atom stereocenters. The molecule has 1 aliphatic heterocycles. The van der Waals surface area contributed by atoms with Crippen molar-refractivity contribution in [2.24, 2.45) is 34.0 Å². The Balaban J connectivity index is 1.46. The summed E-state index contributed by atoms with van der Waals surface area (Å²) in [5.41, 5.74) is -0.852. The molecule has 0 saturated heterocycles. The molecule has 1 aromatic rings. The highest BCUT2D eigenvalue weighted by molar-refractivity contribution is 6.61. The number of methoxy groups -OCH3 is 2. The first kappa shape index (κ1) is 30.5. The topological polar surface area (TPSA) is 101 Å². The van der Waals surface area contributed by atoms with Gasteiger partial charge in [0.2, 0.25) is 0 Å². The molecule has 3 saturated carbocycles. The summed E-state index contributed by atoms with van der Waals surface area (Å²) in [6, 6.07) is 3.05. The van der Waals surface area contributed by atoms with Crippen molar-refractivity contribution in [3.63, 3.8) is 0 Å². The van der Waals surface area contributed by atoms with Crippen molar-refractivity contribution < 1.29 is 42.6 Å². The average Bonchev–Trinajstić information content (AvgIpc) is 3.54. The van der Waals surface area contributed by atoms with Crippen molar-refractivity contribution in [3.8, 4) is 5.75 Å². The lowest BCUT2D eigenvalue weighted by Gasteiger charge is -2.62. The van der Waals surface area contributed by atoms with Crippen LogP contribution in [0.5, 0.6) is 5.75 Å². The van der Waals surface area contributed by atoms with E-state index < -0.39 is 42.4 Å². The minimum Gasteiger partial charge on any atom is -0.479 e. The highest BCUT2D eigenvalue weighted by atomic mass is 19.1. The molecule has 4 aliphatic rings. The first-order valence-electron chi connectivity index (χ1n) is 14.9. The Morgan fingerprint density at radius 3 is 2.63 bits per heavy atom. The molecule has 226 valence electrons. The van der Waals surface area contributed by atoms with Gasteiger partial charge in [0, 0.05) is 49.0 Å². The van der Waals surface area contributed by atoms with Gasteiger partial charge >= 0.3 is 13.1 Å². The van der Waals surface area contributed by atoms with E-state index in [-0.39, 0.29) is 52.9 Å². The summed E-state index contributed by atoms with van der Waals surface area (Å²) in [7, 11) is 2.00. The maximum Gasteiger partial charge on any atom is 0.494 e.